The van der Waals surface area contributed by atoms with Crippen molar-refractivity contribution in [2.24, 2.45) is 0 Å². The summed E-state index contributed by atoms with van der Waals surface area (Å²) in [6.07, 6.45) is 5.03. The molecule has 0 amide bonds. The van der Waals surface area contributed by atoms with Gasteiger partial charge in [-0.15, -0.1) is 0 Å². The van der Waals surface area contributed by atoms with Gasteiger partial charge >= 0.3 is 0 Å². The molecule has 0 heterocycles. The van der Waals surface area contributed by atoms with E-state index in [9.17, 15) is 0 Å². The summed E-state index contributed by atoms with van der Waals surface area (Å²) in [6.45, 7) is 0. The summed E-state index contributed by atoms with van der Waals surface area (Å²) in [6, 6.07) is 12.6. The number of fused-ring (bicyclic) bond motifs is 1. The van der Waals surface area contributed by atoms with Gasteiger partial charge in [-0.25, -0.2) is 0 Å². The standard InChI is InChI=1S/C17H15BrCl2/c18-17(14-7-8-15(19)16(20)10-14)13-6-5-11-3-1-2-4-12(11)9-13/h5-10,17H,1-4H2. The first kappa shape index (κ1) is 14.4. The van der Waals surface area contributed by atoms with Gasteiger partial charge in [0.1, 0.15) is 0 Å². The van der Waals surface area contributed by atoms with Crippen LogP contribution in [0.2, 0.25) is 10.0 Å². The highest BCUT2D eigenvalue weighted by molar-refractivity contribution is 9.09. The Hall–Kier alpha value is -0.500. The Bertz CT molecular complexity index is 637. The van der Waals surface area contributed by atoms with E-state index in [1.54, 1.807) is 0 Å². The average Bonchev–Trinajstić information content (AvgIpc) is 2.49. The fourth-order valence-corrected chi connectivity index (χ4v) is 3.65. The Balaban J connectivity index is 1.93. The molecule has 0 aliphatic heterocycles. The lowest BCUT2D eigenvalue weighted by Gasteiger charge is -2.19. The third-order valence-corrected chi connectivity index (χ3v) is 5.70. The summed E-state index contributed by atoms with van der Waals surface area (Å²) in [5.74, 6) is 0. The number of alkyl halides is 1. The van der Waals surface area contributed by atoms with Crippen LogP contribution in [0.4, 0.5) is 0 Å². The van der Waals surface area contributed by atoms with Crippen LogP contribution in [0, 0.1) is 0 Å². The predicted octanol–water partition coefficient (Wildman–Crippen LogP) is 6.36. The summed E-state index contributed by atoms with van der Waals surface area (Å²) in [4.78, 5) is 0.157. The molecule has 104 valence electrons. The number of benzene rings is 2. The molecule has 0 N–H and O–H groups in total. The maximum atomic E-state index is 6.11. The molecule has 1 unspecified atom stereocenters. The molecule has 3 rings (SSSR count). The SMILES string of the molecule is Clc1ccc(C(Br)c2ccc3c(c2)CCCC3)cc1Cl. The molecule has 3 heteroatoms. The van der Waals surface area contributed by atoms with Crippen LogP contribution in [0.15, 0.2) is 36.4 Å². The molecule has 0 nitrogen and oxygen atoms in total. The van der Waals surface area contributed by atoms with Gasteiger partial charge in [-0.1, -0.05) is 63.4 Å². The van der Waals surface area contributed by atoms with Gasteiger partial charge in [-0.2, -0.15) is 0 Å². The van der Waals surface area contributed by atoms with Crippen molar-refractivity contribution < 1.29 is 0 Å². The minimum Gasteiger partial charge on any atom is -0.0827 e. The van der Waals surface area contributed by atoms with Crippen molar-refractivity contribution in [2.45, 2.75) is 30.5 Å². The first-order valence-corrected chi connectivity index (χ1v) is 8.53. The molecule has 1 atom stereocenters. The van der Waals surface area contributed by atoms with Gasteiger partial charge in [0.15, 0.2) is 0 Å². The van der Waals surface area contributed by atoms with Gasteiger partial charge in [0, 0.05) is 0 Å². The fourth-order valence-electron chi connectivity index (χ4n) is 2.77. The van der Waals surface area contributed by atoms with Crippen LogP contribution in [0.5, 0.6) is 0 Å². The Morgan fingerprint density at radius 3 is 2.20 bits per heavy atom. The van der Waals surface area contributed by atoms with Crippen molar-refractivity contribution in [2.75, 3.05) is 0 Å². The van der Waals surface area contributed by atoms with Crippen LogP contribution in [0.1, 0.15) is 39.9 Å². The molecular formula is C17H15BrCl2. The first-order valence-electron chi connectivity index (χ1n) is 6.86. The lowest BCUT2D eigenvalue weighted by Crippen LogP contribution is -2.04. The van der Waals surface area contributed by atoms with Crippen molar-refractivity contribution in [3.05, 3.63) is 68.7 Å². The summed E-state index contributed by atoms with van der Waals surface area (Å²) < 4.78 is 0. The van der Waals surface area contributed by atoms with Gasteiger partial charge in [-0.05, 0) is 60.1 Å². The zero-order chi connectivity index (χ0) is 14.1. The Morgan fingerprint density at radius 1 is 0.800 bits per heavy atom. The van der Waals surface area contributed by atoms with E-state index in [1.165, 1.54) is 42.4 Å². The van der Waals surface area contributed by atoms with Gasteiger partial charge in [0.2, 0.25) is 0 Å². The van der Waals surface area contributed by atoms with Crippen LogP contribution in [-0.2, 0) is 12.8 Å². The third-order valence-electron chi connectivity index (χ3n) is 3.90. The molecule has 0 spiro atoms. The first-order chi connectivity index (χ1) is 9.65. The van der Waals surface area contributed by atoms with E-state index in [0.717, 1.165) is 5.56 Å². The van der Waals surface area contributed by atoms with E-state index in [4.69, 9.17) is 23.2 Å². The molecule has 1 aliphatic carbocycles. The van der Waals surface area contributed by atoms with Crippen LogP contribution >= 0.6 is 39.1 Å². The second-order valence-electron chi connectivity index (χ2n) is 5.27. The van der Waals surface area contributed by atoms with E-state index in [0.29, 0.717) is 10.0 Å². The number of aryl methyl sites for hydroxylation is 2. The summed E-state index contributed by atoms with van der Waals surface area (Å²) in [5, 5.41) is 1.20. The lowest BCUT2D eigenvalue weighted by atomic mass is 9.89. The maximum absolute atomic E-state index is 6.11. The molecule has 0 saturated carbocycles. The average molecular weight is 370 g/mol. The quantitative estimate of drug-likeness (QED) is 0.540. The molecular weight excluding hydrogens is 355 g/mol. The van der Waals surface area contributed by atoms with Crippen molar-refractivity contribution >= 4 is 39.1 Å². The minimum absolute atomic E-state index is 0.157. The van der Waals surface area contributed by atoms with Gasteiger partial charge in [0.25, 0.3) is 0 Å². The van der Waals surface area contributed by atoms with Crippen LogP contribution < -0.4 is 0 Å². The molecule has 0 bridgehead atoms. The molecule has 1 aliphatic rings. The minimum atomic E-state index is 0.157. The molecule has 0 radical (unpaired) electrons. The van der Waals surface area contributed by atoms with Crippen LogP contribution in [0.3, 0.4) is 0 Å². The Kier molecular flexibility index (Phi) is 4.40. The summed E-state index contributed by atoms with van der Waals surface area (Å²) >= 11 is 15.9. The normalized spacial score (nSPS) is 15.8. The topological polar surface area (TPSA) is 0 Å². The van der Waals surface area contributed by atoms with Crippen LogP contribution in [-0.4, -0.2) is 0 Å². The number of halogens is 3. The van der Waals surface area contributed by atoms with E-state index in [-0.39, 0.29) is 4.83 Å². The van der Waals surface area contributed by atoms with Gasteiger partial charge < -0.3 is 0 Å². The van der Waals surface area contributed by atoms with E-state index >= 15 is 0 Å². The molecule has 0 fully saturated rings. The molecule has 2 aromatic carbocycles. The maximum Gasteiger partial charge on any atom is 0.0645 e. The monoisotopic (exact) mass is 368 g/mol. The predicted molar refractivity (Wildman–Crippen MR) is 90.3 cm³/mol. The molecule has 0 saturated heterocycles. The van der Waals surface area contributed by atoms with Crippen LogP contribution in [0.25, 0.3) is 0 Å². The second kappa shape index (κ2) is 6.09. The summed E-state index contributed by atoms with van der Waals surface area (Å²) in [5.41, 5.74) is 5.42. The number of hydrogen-bond donors (Lipinski definition) is 0. The largest absolute Gasteiger partial charge is 0.0827 e. The van der Waals surface area contributed by atoms with E-state index in [1.807, 2.05) is 18.2 Å². The third kappa shape index (κ3) is 2.90. The highest BCUT2D eigenvalue weighted by Gasteiger charge is 2.15. The van der Waals surface area contributed by atoms with Gasteiger partial charge in [0.05, 0.1) is 14.9 Å². The molecule has 20 heavy (non-hydrogen) atoms. The van der Waals surface area contributed by atoms with Crippen molar-refractivity contribution in [1.29, 1.82) is 0 Å². The highest BCUT2D eigenvalue weighted by atomic mass is 79.9. The van der Waals surface area contributed by atoms with Crippen molar-refractivity contribution in [1.82, 2.24) is 0 Å². The van der Waals surface area contributed by atoms with Crippen molar-refractivity contribution in [3.8, 4) is 0 Å². The second-order valence-corrected chi connectivity index (χ2v) is 7.00. The fraction of sp³-hybridized carbons (Fsp3) is 0.294. The Morgan fingerprint density at radius 2 is 1.45 bits per heavy atom. The zero-order valence-corrected chi connectivity index (χ0v) is 14.1. The lowest BCUT2D eigenvalue weighted by molar-refractivity contribution is 0.684. The molecule has 0 aromatic heterocycles. The van der Waals surface area contributed by atoms with E-state index < -0.39 is 0 Å². The molecule has 2 aromatic rings. The number of rotatable bonds is 2. The smallest absolute Gasteiger partial charge is 0.0645 e. The zero-order valence-electron chi connectivity index (χ0n) is 11.0. The van der Waals surface area contributed by atoms with Crippen molar-refractivity contribution in [3.63, 3.8) is 0 Å². The summed E-state index contributed by atoms with van der Waals surface area (Å²) in [7, 11) is 0. The van der Waals surface area contributed by atoms with Gasteiger partial charge in [-0.3, -0.25) is 0 Å². The number of hydrogen-bond acceptors (Lipinski definition) is 0. The highest BCUT2D eigenvalue weighted by Crippen LogP contribution is 2.36. The Labute approximate surface area is 138 Å². The van der Waals surface area contributed by atoms with E-state index in [2.05, 4.69) is 34.1 Å².